The van der Waals surface area contributed by atoms with Crippen LogP contribution in [0.4, 0.5) is 0 Å². The van der Waals surface area contributed by atoms with E-state index in [1.54, 1.807) is 0 Å². The van der Waals surface area contributed by atoms with Gasteiger partial charge >= 0.3 is 89.4 Å². The number of hydrogen-bond acceptors (Lipinski definition) is 0. The van der Waals surface area contributed by atoms with E-state index in [1.165, 1.54) is 11.0 Å². The standard InChI is InChI=1S/C12H10BCl/c1-9-5-6-10(8-12(9)14)11-4-2-3-7-13-11/h2-8H,1H3. The van der Waals surface area contributed by atoms with Gasteiger partial charge < -0.3 is 0 Å². The Kier molecular flexibility index (Phi) is 2.69. The molecular formula is C12H10BCl. The molecule has 0 aliphatic heterocycles. The summed E-state index contributed by atoms with van der Waals surface area (Å²) >= 11 is 6.06. The van der Waals surface area contributed by atoms with E-state index < -0.39 is 0 Å². The maximum atomic E-state index is 6.06. The van der Waals surface area contributed by atoms with Gasteiger partial charge in [0.25, 0.3) is 0 Å². The van der Waals surface area contributed by atoms with Gasteiger partial charge in [0.05, 0.1) is 0 Å². The van der Waals surface area contributed by atoms with E-state index in [2.05, 4.69) is 19.0 Å². The molecule has 0 aliphatic carbocycles. The molecule has 0 fully saturated rings. The summed E-state index contributed by atoms with van der Waals surface area (Å²) < 4.78 is 0. The number of halogens is 1. The van der Waals surface area contributed by atoms with Crippen molar-refractivity contribution in [2.24, 2.45) is 0 Å². The van der Waals surface area contributed by atoms with Crippen LogP contribution in [0.5, 0.6) is 0 Å². The average Bonchev–Trinajstić information content (AvgIpc) is 2.23. The zero-order valence-corrected chi connectivity index (χ0v) is 8.75. The van der Waals surface area contributed by atoms with Gasteiger partial charge in [0, 0.05) is 0 Å². The predicted octanol–water partition coefficient (Wildman–Crippen LogP) is 3.65. The summed E-state index contributed by atoms with van der Waals surface area (Å²) in [6.07, 6.45) is 0. The molecule has 1 aromatic heterocycles. The van der Waals surface area contributed by atoms with Crippen molar-refractivity contribution in [3.63, 3.8) is 0 Å². The van der Waals surface area contributed by atoms with Crippen molar-refractivity contribution in [1.29, 1.82) is 0 Å². The molecule has 0 saturated carbocycles. The molecule has 0 amide bonds. The van der Waals surface area contributed by atoms with Gasteiger partial charge in [-0.3, -0.25) is 0 Å². The van der Waals surface area contributed by atoms with Gasteiger partial charge in [-0.25, -0.2) is 0 Å². The van der Waals surface area contributed by atoms with E-state index in [4.69, 9.17) is 11.6 Å². The van der Waals surface area contributed by atoms with Gasteiger partial charge in [-0.2, -0.15) is 0 Å². The first-order valence-corrected chi connectivity index (χ1v) is 4.97. The molecule has 0 atom stereocenters. The molecular weight excluding hydrogens is 190 g/mol. The van der Waals surface area contributed by atoms with Gasteiger partial charge in [-0.05, 0) is 0 Å². The SMILES string of the molecule is Cc1ccc(-c2bcccc2)cc1Cl. The van der Waals surface area contributed by atoms with Gasteiger partial charge in [-0.15, -0.1) is 0 Å². The van der Waals surface area contributed by atoms with Crippen molar-refractivity contribution >= 4 is 18.5 Å². The molecule has 0 N–H and O–H groups in total. The molecule has 0 saturated heterocycles. The van der Waals surface area contributed by atoms with E-state index in [0.29, 0.717) is 0 Å². The van der Waals surface area contributed by atoms with Crippen molar-refractivity contribution in [1.82, 2.24) is 0 Å². The molecule has 0 unspecified atom stereocenters. The summed E-state index contributed by atoms with van der Waals surface area (Å²) in [7, 11) is 0. The Hall–Kier alpha value is -1.08. The van der Waals surface area contributed by atoms with Crippen molar-refractivity contribution in [2.75, 3.05) is 0 Å². The third-order valence-corrected chi connectivity index (χ3v) is 2.69. The topological polar surface area (TPSA) is 0 Å². The Morgan fingerprint density at radius 1 is 1.14 bits per heavy atom. The fraction of sp³-hybridized carbons (Fsp3) is 0.0833. The van der Waals surface area contributed by atoms with Crippen LogP contribution >= 0.6 is 11.6 Å². The van der Waals surface area contributed by atoms with Crippen molar-refractivity contribution in [3.05, 3.63) is 52.9 Å². The predicted molar refractivity (Wildman–Crippen MR) is 63.0 cm³/mol. The van der Waals surface area contributed by atoms with Crippen LogP contribution in [-0.2, 0) is 0 Å². The molecule has 0 nitrogen and oxygen atoms in total. The summed E-state index contributed by atoms with van der Waals surface area (Å²) in [6.45, 7) is 4.10. The fourth-order valence-electron chi connectivity index (χ4n) is 1.40. The molecule has 2 rings (SSSR count). The molecule has 68 valence electrons. The molecule has 0 bridgehead atoms. The average molecular weight is 200 g/mol. The van der Waals surface area contributed by atoms with Gasteiger partial charge in [-0.1, -0.05) is 0 Å². The molecule has 0 radical (unpaired) electrons. The molecule has 1 heterocycles. The summed E-state index contributed by atoms with van der Waals surface area (Å²) in [5.41, 5.74) is 3.49. The summed E-state index contributed by atoms with van der Waals surface area (Å²) in [5.74, 6) is 2.03. The van der Waals surface area contributed by atoms with Crippen molar-refractivity contribution < 1.29 is 0 Å². The minimum absolute atomic E-state index is 0.825. The molecule has 0 spiro atoms. The summed E-state index contributed by atoms with van der Waals surface area (Å²) in [4.78, 5) is 0. The van der Waals surface area contributed by atoms with E-state index in [-0.39, 0.29) is 0 Å². The molecule has 1 aromatic carbocycles. The quantitative estimate of drug-likeness (QED) is 0.659. The fourth-order valence-corrected chi connectivity index (χ4v) is 1.58. The maximum absolute atomic E-state index is 6.06. The second kappa shape index (κ2) is 3.97. The Morgan fingerprint density at radius 2 is 2.00 bits per heavy atom. The summed E-state index contributed by atoms with van der Waals surface area (Å²) in [6, 6.07) is 12.3. The van der Waals surface area contributed by atoms with Crippen molar-refractivity contribution in [2.45, 2.75) is 6.92 Å². The first-order chi connectivity index (χ1) is 6.77. The second-order valence-corrected chi connectivity index (χ2v) is 3.74. The first kappa shape index (κ1) is 9.48. The van der Waals surface area contributed by atoms with Gasteiger partial charge in [0.1, 0.15) is 0 Å². The van der Waals surface area contributed by atoms with Crippen LogP contribution in [0.25, 0.3) is 11.0 Å². The Morgan fingerprint density at radius 3 is 2.64 bits per heavy atom. The number of benzene rings is 1. The Labute approximate surface area is 89.8 Å². The van der Waals surface area contributed by atoms with Crippen LogP contribution in [0, 0.1) is 6.92 Å². The monoisotopic (exact) mass is 200 g/mol. The molecule has 14 heavy (non-hydrogen) atoms. The van der Waals surface area contributed by atoms with Crippen molar-refractivity contribution in [3.8, 4) is 11.0 Å². The molecule has 2 heteroatoms. The summed E-state index contributed by atoms with van der Waals surface area (Å²) in [5, 5.41) is 0.825. The van der Waals surface area contributed by atoms with E-state index in [1.807, 2.05) is 37.2 Å². The van der Waals surface area contributed by atoms with Gasteiger partial charge in [0.2, 0.25) is 0 Å². The third kappa shape index (κ3) is 1.88. The Balaban J connectivity index is 2.48. The van der Waals surface area contributed by atoms with E-state index in [9.17, 15) is 0 Å². The van der Waals surface area contributed by atoms with Crippen LogP contribution in [0.3, 0.4) is 0 Å². The number of rotatable bonds is 1. The zero-order chi connectivity index (χ0) is 9.97. The van der Waals surface area contributed by atoms with Gasteiger partial charge in [0.15, 0.2) is 0 Å². The first-order valence-electron chi connectivity index (χ1n) is 4.59. The van der Waals surface area contributed by atoms with Crippen LogP contribution in [-0.4, -0.2) is 6.91 Å². The number of aryl methyl sites for hydroxylation is 1. The third-order valence-electron chi connectivity index (χ3n) is 2.28. The molecule has 0 aliphatic rings. The zero-order valence-electron chi connectivity index (χ0n) is 8.00. The Bertz CT molecular complexity index is 437. The van der Waals surface area contributed by atoms with Crippen LogP contribution in [0.2, 0.25) is 5.02 Å². The molecule has 2 aromatic rings. The van der Waals surface area contributed by atoms with Crippen LogP contribution in [0.1, 0.15) is 5.56 Å². The van der Waals surface area contributed by atoms with Crippen LogP contribution in [0.15, 0.2) is 42.4 Å². The van der Waals surface area contributed by atoms with E-state index >= 15 is 0 Å². The second-order valence-electron chi connectivity index (χ2n) is 3.33. The van der Waals surface area contributed by atoms with E-state index in [0.717, 1.165) is 10.6 Å². The number of hydrogen-bond donors (Lipinski definition) is 0. The van der Waals surface area contributed by atoms with Crippen LogP contribution < -0.4 is 0 Å². The normalized spacial score (nSPS) is 9.86. The minimum atomic E-state index is 0.825.